The number of nitrogens with zero attached hydrogens (tertiary/aromatic N) is 2. The fraction of sp³-hybridized carbons (Fsp3) is 0.455. The monoisotopic (exact) mass is 207 g/mol. The smallest absolute Gasteiger partial charge is 0.243 e. The van der Waals surface area contributed by atoms with Gasteiger partial charge >= 0.3 is 0 Å². The first-order chi connectivity index (χ1) is 7.09. The summed E-state index contributed by atoms with van der Waals surface area (Å²) in [5.74, 6) is -0.0530. The minimum Gasteiger partial charge on any atom is -0.350 e. The summed E-state index contributed by atoms with van der Waals surface area (Å²) in [6.07, 6.45) is 6.92. The fourth-order valence-corrected chi connectivity index (χ4v) is 1.18. The zero-order chi connectivity index (χ0) is 11.3. The summed E-state index contributed by atoms with van der Waals surface area (Å²) in [5, 5.41) is 2.79. The van der Waals surface area contributed by atoms with Gasteiger partial charge in [0.1, 0.15) is 0 Å². The van der Waals surface area contributed by atoms with Crippen molar-refractivity contribution in [2.45, 2.75) is 33.4 Å². The van der Waals surface area contributed by atoms with Crippen molar-refractivity contribution in [2.75, 3.05) is 0 Å². The molecule has 0 saturated heterocycles. The van der Waals surface area contributed by atoms with Crippen LogP contribution in [-0.4, -0.2) is 21.5 Å². The van der Waals surface area contributed by atoms with Gasteiger partial charge in [0.2, 0.25) is 5.91 Å². The first-order valence-electron chi connectivity index (χ1n) is 5.03. The van der Waals surface area contributed by atoms with Crippen molar-refractivity contribution >= 4 is 5.91 Å². The summed E-state index contributed by atoms with van der Waals surface area (Å²) < 4.78 is 1.97. The molecule has 0 fully saturated rings. The van der Waals surface area contributed by atoms with Gasteiger partial charge in [-0.1, -0.05) is 6.08 Å². The van der Waals surface area contributed by atoms with Crippen LogP contribution in [0.4, 0.5) is 0 Å². The Bertz CT molecular complexity index is 352. The predicted molar refractivity (Wildman–Crippen MR) is 59.4 cm³/mol. The van der Waals surface area contributed by atoms with Crippen molar-refractivity contribution < 1.29 is 4.79 Å². The summed E-state index contributed by atoms with van der Waals surface area (Å²) in [5.41, 5.74) is 1.09. The van der Waals surface area contributed by atoms with Gasteiger partial charge in [0.05, 0.1) is 6.33 Å². The van der Waals surface area contributed by atoms with E-state index < -0.39 is 0 Å². The SMILES string of the molecule is Cc1cncn1C/C=C/C(=O)NC(C)C. The van der Waals surface area contributed by atoms with Crippen LogP contribution in [0.2, 0.25) is 0 Å². The molecule has 1 amide bonds. The van der Waals surface area contributed by atoms with Gasteiger partial charge in [-0.05, 0) is 20.8 Å². The average molecular weight is 207 g/mol. The van der Waals surface area contributed by atoms with Crippen molar-refractivity contribution in [2.24, 2.45) is 0 Å². The minimum absolute atomic E-state index is 0.0530. The van der Waals surface area contributed by atoms with Crippen LogP contribution in [0.1, 0.15) is 19.5 Å². The van der Waals surface area contributed by atoms with Crippen LogP contribution < -0.4 is 5.32 Å². The number of imidazole rings is 1. The molecule has 4 nitrogen and oxygen atoms in total. The van der Waals surface area contributed by atoms with Gasteiger partial charge in [0.15, 0.2) is 0 Å². The van der Waals surface area contributed by atoms with E-state index in [4.69, 9.17) is 0 Å². The highest BCUT2D eigenvalue weighted by Gasteiger charge is 1.97. The van der Waals surface area contributed by atoms with Gasteiger partial charge in [-0.25, -0.2) is 4.98 Å². The lowest BCUT2D eigenvalue weighted by molar-refractivity contribution is -0.116. The zero-order valence-electron chi connectivity index (χ0n) is 9.40. The van der Waals surface area contributed by atoms with Crippen LogP contribution in [0, 0.1) is 6.92 Å². The standard InChI is InChI=1S/C11H17N3O/c1-9(2)13-11(15)5-4-6-14-8-12-7-10(14)3/h4-5,7-9H,6H2,1-3H3,(H,13,15)/b5-4+. The number of allylic oxidation sites excluding steroid dienone is 1. The number of carbonyl (C=O) groups excluding carboxylic acids is 1. The van der Waals surface area contributed by atoms with E-state index in [-0.39, 0.29) is 11.9 Å². The molecule has 1 heterocycles. The van der Waals surface area contributed by atoms with E-state index in [9.17, 15) is 4.79 Å². The van der Waals surface area contributed by atoms with Gasteiger partial charge in [-0.2, -0.15) is 0 Å². The first-order valence-corrected chi connectivity index (χ1v) is 5.03. The lowest BCUT2D eigenvalue weighted by Gasteiger charge is -2.04. The van der Waals surface area contributed by atoms with Crippen LogP contribution in [0.25, 0.3) is 0 Å². The number of rotatable bonds is 4. The highest BCUT2D eigenvalue weighted by Crippen LogP contribution is 1.96. The molecule has 0 bridgehead atoms. The molecule has 0 saturated carbocycles. The Balaban J connectivity index is 2.40. The number of hydrogen-bond donors (Lipinski definition) is 1. The van der Waals surface area contributed by atoms with E-state index in [1.54, 1.807) is 18.6 Å². The number of aryl methyl sites for hydroxylation is 1. The molecule has 0 atom stereocenters. The molecule has 1 N–H and O–H groups in total. The molecule has 0 unspecified atom stereocenters. The van der Waals surface area contributed by atoms with Crippen molar-refractivity contribution in [3.63, 3.8) is 0 Å². The van der Waals surface area contributed by atoms with Gasteiger partial charge in [0.25, 0.3) is 0 Å². The summed E-state index contributed by atoms with van der Waals surface area (Å²) >= 11 is 0. The van der Waals surface area contributed by atoms with Crippen LogP contribution >= 0.6 is 0 Å². The molecule has 1 rings (SSSR count). The maximum atomic E-state index is 11.2. The topological polar surface area (TPSA) is 46.9 Å². The maximum absolute atomic E-state index is 11.2. The van der Waals surface area contributed by atoms with Crippen LogP contribution in [0.5, 0.6) is 0 Å². The minimum atomic E-state index is -0.0530. The third-order valence-corrected chi connectivity index (χ3v) is 1.92. The van der Waals surface area contributed by atoms with E-state index in [0.29, 0.717) is 6.54 Å². The second kappa shape index (κ2) is 5.34. The largest absolute Gasteiger partial charge is 0.350 e. The summed E-state index contributed by atoms with van der Waals surface area (Å²) in [6.45, 7) is 6.53. The predicted octanol–water partition coefficient (Wildman–Crippen LogP) is 1.27. The maximum Gasteiger partial charge on any atom is 0.243 e. The van der Waals surface area contributed by atoms with Crippen LogP contribution in [0.3, 0.4) is 0 Å². The highest BCUT2D eigenvalue weighted by molar-refractivity contribution is 5.87. The van der Waals surface area contributed by atoms with Gasteiger partial charge in [0, 0.05) is 30.6 Å². The van der Waals surface area contributed by atoms with Crippen molar-refractivity contribution in [1.29, 1.82) is 0 Å². The fourth-order valence-electron chi connectivity index (χ4n) is 1.18. The van der Waals surface area contributed by atoms with Crippen molar-refractivity contribution in [3.8, 4) is 0 Å². The van der Waals surface area contributed by atoms with Crippen molar-refractivity contribution in [1.82, 2.24) is 14.9 Å². The third kappa shape index (κ3) is 3.97. The molecule has 0 aliphatic carbocycles. The average Bonchev–Trinajstić information content (AvgIpc) is 2.50. The van der Waals surface area contributed by atoms with Crippen molar-refractivity contribution in [3.05, 3.63) is 30.4 Å². The number of aromatic nitrogens is 2. The lowest BCUT2D eigenvalue weighted by Crippen LogP contribution is -2.28. The second-order valence-electron chi connectivity index (χ2n) is 3.75. The van der Waals surface area contributed by atoms with Gasteiger partial charge in [-0.15, -0.1) is 0 Å². The quantitative estimate of drug-likeness (QED) is 0.756. The Hall–Kier alpha value is -1.58. The van der Waals surface area contributed by atoms with Crippen LogP contribution in [-0.2, 0) is 11.3 Å². The third-order valence-electron chi connectivity index (χ3n) is 1.92. The Morgan fingerprint density at radius 3 is 2.93 bits per heavy atom. The molecule has 0 spiro atoms. The molecule has 0 aliphatic heterocycles. The Morgan fingerprint density at radius 1 is 1.67 bits per heavy atom. The highest BCUT2D eigenvalue weighted by atomic mass is 16.1. The lowest BCUT2D eigenvalue weighted by atomic mass is 10.3. The van der Waals surface area contributed by atoms with E-state index >= 15 is 0 Å². The number of amides is 1. The first kappa shape index (κ1) is 11.5. The molecule has 15 heavy (non-hydrogen) atoms. The molecular formula is C11H17N3O. The van der Waals surface area contributed by atoms with Gasteiger partial charge < -0.3 is 9.88 Å². The second-order valence-corrected chi connectivity index (χ2v) is 3.75. The Labute approximate surface area is 90.0 Å². The molecule has 82 valence electrons. The van der Waals surface area contributed by atoms with E-state index in [0.717, 1.165) is 5.69 Å². The molecule has 1 aromatic heterocycles. The summed E-state index contributed by atoms with van der Waals surface area (Å²) in [4.78, 5) is 15.2. The number of carbonyl (C=O) groups is 1. The van der Waals surface area contributed by atoms with E-state index in [2.05, 4.69) is 10.3 Å². The normalized spacial score (nSPS) is 11.2. The zero-order valence-corrected chi connectivity index (χ0v) is 9.40. The number of hydrogen-bond acceptors (Lipinski definition) is 2. The van der Waals surface area contributed by atoms with E-state index in [1.807, 2.05) is 31.4 Å². The molecule has 1 aromatic rings. The molecule has 0 aliphatic rings. The summed E-state index contributed by atoms with van der Waals surface area (Å²) in [6, 6.07) is 0.178. The summed E-state index contributed by atoms with van der Waals surface area (Å²) in [7, 11) is 0. The molecule has 0 aromatic carbocycles. The molecule has 0 radical (unpaired) electrons. The Morgan fingerprint density at radius 2 is 2.40 bits per heavy atom. The van der Waals surface area contributed by atoms with Gasteiger partial charge in [-0.3, -0.25) is 4.79 Å². The molecule has 4 heteroatoms. The van der Waals surface area contributed by atoms with Crippen LogP contribution in [0.15, 0.2) is 24.7 Å². The number of nitrogens with one attached hydrogen (secondary N) is 1. The Kier molecular flexibility index (Phi) is 4.09. The molecular weight excluding hydrogens is 190 g/mol. The van der Waals surface area contributed by atoms with E-state index in [1.165, 1.54) is 0 Å².